The minimum absolute atomic E-state index is 0.0190. The molecule has 0 saturated carbocycles. The summed E-state index contributed by atoms with van der Waals surface area (Å²) in [5.74, 6) is -1.04. The van der Waals surface area contributed by atoms with E-state index in [4.69, 9.17) is 4.74 Å². The fourth-order valence-electron chi connectivity index (χ4n) is 2.09. The number of rotatable bonds is 5. The molecule has 1 N–H and O–H groups in total. The molecule has 0 fully saturated rings. The van der Waals surface area contributed by atoms with E-state index in [1.165, 1.54) is 36.4 Å². The minimum Gasteiger partial charge on any atom is -0.462 e. The van der Waals surface area contributed by atoms with Crippen molar-refractivity contribution in [2.24, 2.45) is 0 Å². The molecule has 0 saturated heterocycles. The summed E-state index contributed by atoms with van der Waals surface area (Å²) in [4.78, 5) is 34.3. The number of nitrogens with one attached hydrogen (secondary N) is 1. The third kappa shape index (κ3) is 3.95. The van der Waals surface area contributed by atoms with Crippen molar-refractivity contribution in [1.82, 2.24) is 0 Å². The van der Waals surface area contributed by atoms with Crippen LogP contribution in [-0.2, 0) is 4.74 Å². The Labute approximate surface area is 138 Å². The van der Waals surface area contributed by atoms with Crippen LogP contribution in [0.3, 0.4) is 0 Å². The van der Waals surface area contributed by atoms with Crippen molar-refractivity contribution in [2.75, 3.05) is 11.9 Å². The molecule has 2 aromatic rings. The molecule has 0 aliphatic heterocycles. The number of anilines is 1. The zero-order chi connectivity index (χ0) is 17.7. The maximum absolute atomic E-state index is 12.3. The highest BCUT2D eigenvalue weighted by Crippen LogP contribution is 2.21. The molecule has 0 heterocycles. The van der Waals surface area contributed by atoms with E-state index in [1.807, 2.05) is 0 Å². The molecule has 2 rings (SSSR count). The van der Waals surface area contributed by atoms with Crippen LogP contribution in [0.5, 0.6) is 0 Å². The quantitative estimate of drug-likeness (QED) is 0.515. The fourth-order valence-corrected chi connectivity index (χ4v) is 2.09. The number of aryl methyl sites for hydroxylation is 1. The molecule has 7 heteroatoms. The summed E-state index contributed by atoms with van der Waals surface area (Å²) in [5.41, 5.74) is 1.24. The number of ether oxygens (including phenoxy) is 1. The van der Waals surface area contributed by atoms with Crippen molar-refractivity contribution >= 4 is 23.3 Å². The zero-order valence-electron chi connectivity index (χ0n) is 13.2. The van der Waals surface area contributed by atoms with Crippen molar-refractivity contribution in [3.8, 4) is 0 Å². The first kappa shape index (κ1) is 17.1. The van der Waals surface area contributed by atoms with Gasteiger partial charge in [-0.15, -0.1) is 0 Å². The summed E-state index contributed by atoms with van der Waals surface area (Å²) in [5, 5.41) is 13.6. The number of esters is 1. The SMILES string of the molecule is CCOC(=O)c1ccc(NC(=O)c2cc(C)ccc2[N+](=O)[O-])cc1. The number of hydrogen-bond donors (Lipinski definition) is 1. The van der Waals surface area contributed by atoms with Crippen LogP contribution in [0.2, 0.25) is 0 Å². The van der Waals surface area contributed by atoms with Crippen LogP contribution in [0.1, 0.15) is 33.2 Å². The first-order valence-corrected chi connectivity index (χ1v) is 7.26. The summed E-state index contributed by atoms with van der Waals surface area (Å²) in [6.07, 6.45) is 0. The van der Waals surface area contributed by atoms with Crippen LogP contribution in [0.25, 0.3) is 0 Å². The van der Waals surface area contributed by atoms with Gasteiger partial charge in [-0.3, -0.25) is 14.9 Å². The topological polar surface area (TPSA) is 98.5 Å². The lowest BCUT2D eigenvalue weighted by atomic mass is 10.1. The lowest BCUT2D eigenvalue weighted by Gasteiger charge is -2.07. The van der Waals surface area contributed by atoms with Crippen molar-refractivity contribution in [2.45, 2.75) is 13.8 Å². The summed E-state index contributed by atoms with van der Waals surface area (Å²) < 4.78 is 4.87. The molecule has 1 amide bonds. The lowest BCUT2D eigenvalue weighted by Crippen LogP contribution is -2.14. The van der Waals surface area contributed by atoms with Gasteiger partial charge in [0, 0.05) is 11.8 Å². The molecule has 0 aliphatic rings. The lowest BCUT2D eigenvalue weighted by molar-refractivity contribution is -0.385. The standard InChI is InChI=1S/C17H16N2O5/c1-3-24-17(21)12-5-7-13(8-6-12)18-16(20)14-10-11(2)4-9-15(14)19(22)23/h4-10H,3H2,1-2H3,(H,18,20). The van der Waals surface area contributed by atoms with Crippen molar-refractivity contribution in [1.29, 1.82) is 0 Å². The van der Waals surface area contributed by atoms with Gasteiger partial charge in [0.15, 0.2) is 0 Å². The van der Waals surface area contributed by atoms with Crippen molar-refractivity contribution in [3.05, 3.63) is 69.3 Å². The Bertz CT molecular complexity index is 784. The molecular weight excluding hydrogens is 312 g/mol. The van der Waals surface area contributed by atoms with Gasteiger partial charge in [-0.2, -0.15) is 0 Å². The van der Waals surface area contributed by atoms with Gasteiger partial charge in [0.2, 0.25) is 0 Å². The zero-order valence-corrected chi connectivity index (χ0v) is 13.2. The van der Waals surface area contributed by atoms with Gasteiger partial charge in [-0.25, -0.2) is 4.79 Å². The Morgan fingerprint density at radius 3 is 2.42 bits per heavy atom. The molecule has 0 atom stereocenters. The molecule has 0 aliphatic carbocycles. The Balaban J connectivity index is 2.20. The smallest absolute Gasteiger partial charge is 0.338 e. The molecule has 124 valence electrons. The van der Waals surface area contributed by atoms with Crippen LogP contribution in [0.15, 0.2) is 42.5 Å². The van der Waals surface area contributed by atoms with Gasteiger partial charge in [0.05, 0.1) is 17.1 Å². The fraction of sp³-hybridized carbons (Fsp3) is 0.176. The van der Waals surface area contributed by atoms with Gasteiger partial charge in [-0.05, 0) is 49.7 Å². The molecule has 0 aromatic heterocycles. The van der Waals surface area contributed by atoms with Gasteiger partial charge in [0.1, 0.15) is 5.56 Å². The van der Waals surface area contributed by atoms with Crippen LogP contribution in [0, 0.1) is 17.0 Å². The number of hydrogen-bond acceptors (Lipinski definition) is 5. The highest BCUT2D eigenvalue weighted by Gasteiger charge is 2.20. The Kier molecular flexibility index (Phi) is 5.26. The molecular formula is C17H16N2O5. The van der Waals surface area contributed by atoms with Crippen LogP contribution >= 0.6 is 0 Å². The third-order valence-corrected chi connectivity index (χ3v) is 3.25. The number of nitro groups is 1. The Hall–Kier alpha value is -3.22. The summed E-state index contributed by atoms with van der Waals surface area (Å²) in [6.45, 7) is 3.73. The average Bonchev–Trinajstić information content (AvgIpc) is 2.55. The molecule has 0 radical (unpaired) electrons. The van der Waals surface area contributed by atoms with Gasteiger partial charge >= 0.3 is 5.97 Å². The Morgan fingerprint density at radius 1 is 1.17 bits per heavy atom. The summed E-state index contributed by atoms with van der Waals surface area (Å²) in [6, 6.07) is 10.4. The highest BCUT2D eigenvalue weighted by molar-refractivity contribution is 6.07. The van der Waals surface area contributed by atoms with E-state index in [-0.39, 0.29) is 17.9 Å². The van der Waals surface area contributed by atoms with E-state index >= 15 is 0 Å². The van der Waals surface area contributed by atoms with Gasteiger partial charge in [0.25, 0.3) is 11.6 Å². The number of amides is 1. The van der Waals surface area contributed by atoms with E-state index in [1.54, 1.807) is 19.9 Å². The van der Waals surface area contributed by atoms with Crippen molar-refractivity contribution < 1.29 is 19.2 Å². The second-order valence-electron chi connectivity index (χ2n) is 5.03. The number of nitro benzene ring substituents is 1. The van der Waals surface area contributed by atoms with Crippen LogP contribution < -0.4 is 5.32 Å². The maximum Gasteiger partial charge on any atom is 0.338 e. The molecule has 0 spiro atoms. The van der Waals surface area contributed by atoms with E-state index in [2.05, 4.69) is 5.32 Å². The first-order valence-electron chi connectivity index (χ1n) is 7.26. The normalized spacial score (nSPS) is 10.1. The summed E-state index contributed by atoms with van der Waals surface area (Å²) >= 11 is 0. The number of carbonyl (C=O) groups is 2. The third-order valence-electron chi connectivity index (χ3n) is 3.25. The maximum atomic E-state index is 12.3. The van der Waals surface area contributed by atoms with E-state index in [0.29, 0.717) is 11.3 Å². The second kappa shape index (κ2) is 7.36. The van der Waals surface area contributed by atoms with Crippen molar-refractivity contribution in [3.63, 3.8) is 0 Å². The molecule has 7 nitrogen and oxygen atoms in total. The molecule has 24 heavy (non-hydrogen) atoms. The van der Waals surface area contributed by atoms with Crippen LogP contribution in [-0.4, -0.2) is 23.4 Å². The van der Waals surface area contributed by atoms with E-state index < -0.39 is 16.8 Å². The number of carbonyl (C=O) groups excluding carboxylic acids is 2. The Morgan fingerprint density at radius 2 is 1.83 bits per heavy atom. The predicted octanol–water partition coefficient (Wildman–Crippen LogP) is 3.33. The summed E-state index contributed by atoms with van der Waals surface area (Å²) in [7, 11) is 0. The van der Waals surface area contributed by atoms with Gasteiger partial charge < -0.3 is 10.1 Å². The molecule has 2 aromatic carbocycles. The van der Waals surface area contributed by atoms with Gasteiger partial charge in [-0.1, -0.05) is 6.07 Å². The second-order valence-corrected chi connectivity index (χ2v) is 5.03. The number of benzene rings is 2. The molecule has 0 unspecified atom stereocenters. The van der Waals surface area contributed by atoms with Crippen LogP contribution in [0.4, 0.5) is 11.4 Å². The van der Waals surface area contributed by atoms with E-state index in [9.17, 15) is 19.7 Å². The largest absolute Gasteiger partial charge is 0.462 e. The molecule has 0 bridgehead atoms. The monoisotopic (exact) mass is 328 g/mol. The average molecular weight is 328 g/mol. The van der Waals surface area contributed by atoms with E-state index in [0.717, 1.165) is 5.56 Å². The number of nitrogens with zero attached hydrogens (tertiary/aromatic N) is 1. The highest BCUT2D eigenvalue weighted by atomic mass is 16.6. The first-order chi connectivity index (χ1) is 11.4. The minimum atomic E-state index is -0.599. The predicted molar refractivity (Wildman–Crippen MR) is 88.2 cm³/mol.